The van der Waals surface area contributed by atoms with Crippen LogP contribution in [0.3, 0.4) is 0 Å². The second-order valence-electron chi connectivity index (χ2n) is 2.86. The van der Waals surface area contributed by atoms with Crippen LogP contribution >= 0.6 is 0 Å². The van der Waals surface area contributed by atoms with Crippen molar-refractivity contribution in [2.45, 2.75) is 0 Å². The van der Waals surface area contributed by atoms with Gasteiger partial charge in [-0.05, 0) is 12.1 Å². The van der Waals surface area contributed by atoms with Crippen LogP contribution in [0.4, 0.5) is 4.79 Å². The average Bonchev–Trinajstić information content (AvgIpc) is 2.65. The second-order valence-corrected chi connectivity index (χ2v) is 2.86. The molecule has 14 heavy (non-hydrogen) atoms. The number of nitrogens with one attached hydrogen (secondary N) is 2. The zero-order chi connectivity index (χ0) is 9.97. The average molecular weight is 191 g/mol. The molecule has 1 aromatic carbocycles. The Labute approximate surface area is 80.7 Å². The van der Waals surface area contributed by atoms with Gasteiger partial charge in [0, 0.05) is 5.56 Å². The van der Waals surface area contributed by atoms with Gasteiger partial charge in [-0.25, -0.2) is 15.1 Å². The number of hydrazine groups is 1. The Morgan fingerprint density at radius 1 is 1.29 bits per heavy atom. The molecule has 3 amide bonds. The fourth-order valence-corrected chi connectivity index (χ4v) is 1.23. The third kappa shape index (κ3) is 1.45. The summed E-state index contributed by atoms with van der Waals surface area (Å²) < 4.78 is 0. The summed E-state index contributed by atoms with van der Waals surface area (Å²) in [5.41, 5.74) is 5.42. The summed E-state index contributed by atoms with van der Waals surface area (Å²) in [4.78, 5) is 23.9. The Balaban J connectivity index is 2.20. The van der Waals surface area contributed by atoms with Crippen LogP contribution in [0.25, 0.3) is 0 Å². The highest BCUT2D eigenvalue weighted by Crippen LogP contribution is 2.05. The van der Waals surface area contributed by atoms with Crippen molar-refractivity contribution >= 4 is 11.9 Å². The maximum absolute atomic E-state index is 11.7. The first-order valence-electron chi connectivity index (χ1n) is 4.19. The molecular formula is C9H9N3O2. The lowest BCUT2D eigenvalue weighted by atomic mass is 10.2. The van der Waals surface area contributed by atoms with E-state index in [9.17, 15) is 9.59 Å². The van der Waals surface area contributed by atoms with Crippen LogP contribution < -0.4 is 10.9 Å². The second kappa shape index (κ2) is 3.47. The molecule has 1 aliphatic heterocycles. The van der Waals surface area contributed by atoms with Crippen LogP contribution in [-0.2, 0) is 0 Å². The summed E-state index contributed by atoms with van der Waals surface area (Å²) in [6.45, 7) is 0.201. The van der Waals surface area contributed by atoms with Crippen molar-refractivity contribution in [2.75, 3.05) is 6.67 Å². The molecule has 5 heteroatoms. The molecule has 1 saturated heterocycles. The molecule has 0 aromatic heterocycles. The van der Waals surface area contributed by atoms with Gasteiger partial charge in [0.25, 0.3) is 5.91 Å². The minimum Gasteiger partial charge on any atom is -0.271 e. The van der Waals surface area contributed by atoms with Crippen molar-refractivity contribution in [1.29, 1.82) is 0 Å². The maximum atomic E-state index is 11.7. The van der Waals surface area contributed by atoms with Crippen LogP contribution in [0, 0.1) is 0 Å². The predicted octanol–water partition coefficient (Wildman–Crippen LogP) is 0.314. The minimum absolute atomic E-state index is 0.201. The number of nitrogens with zero attached hydrogens (tertiary/aromatic N) is 1. The van der Waals surface area contributed by atoms with E-state index in [0.29, 0.717) is 5.56 Å². The number of urea groups is 1. The van der Waals surface area contributed by atoms with Gasteiger partial charge in [0.05, 0.1) is 6.67 Å². The van der Waals surface area contributed by atoms with Gasteiger partial charge >= 0.3 is 6.03 Å². The van der Waals surface area contributed by atoms with Crippen molar-refractivity contribution in [3.8, 4) is 0 Å². The van der Waals surface area contributed by atoms with Crippen LogP contribution in [0.5, 0.6) is 0 Å². The van der Waals surface area contributed by atoms with Crippen molar-refractivity contribution in [3.05, 3.63) is 35.9 Å². The summed E-state index contributed by atoms with van der Waals surface area (Å²) in [6.07, 6.45) is 0. The Hall–Kier alpha value is -1.88. The summed E-state index contributed by atoms with van der Waals surface area (Å²) in [7, 11) is 0. The van der Waals surface area contributed by atoms with E-state index in [-0.39, 0.29) is 12.6 Å². The molecule has 0 unspecified atom stereocenters. The number of hydrogen-bond acceptors (Lipinski definition) is 3. The molecule has 1 aliphatic rings. The van der Waals surface area contributed by atoms with Gasteiger partial charge in [0.2, 0.25) is 0 Å². The van der Waals surface area contributed by atoms with Crippen LogP contribution in [0.2, 0.25) is 0 Å². The molecule has 2 N–H and O–H groups in total. The molecule has 1 heterocycles. The Kier molecular flexibility index (Phi) is 2.16. The number of rotatable bonds is 1. The largest absolute Gasteiger partial charge is 0.339 e. The van der Waals surface area contributed by atoms with Crippen LogP contribution in [-0.4, -0.2) is 23.5 Å². The monoisotopic (exact) mass is 191 g/mol. The quantitative estimate of drug-likeness (QED) is 0.671. The van der Waals surface area contributed by atoms with E-state index in [4.69, 9.17) is 0 Å². The van der Waals surface area contributed by atoms with Gasteiger partial charge in [0.1, 0.15) is 0 Å². The molecule has 0 spiro atoms. The number of benzene rings is 1. The van der Waals surface area contributed by atoms with E-state index in [1.165, 1.54) is 0 Å². The van der Waals surface area contributed by atoms with Crippen LogP contribution in [0.1, 0.15) is 10.4 Å². The van der Waals surface area contributed by atoms with E-state index in [0.717, 1.165) is 4.90 Å². The van der Waals surface area contributed by atoms with Crippen molar-refractivity contribution in [3.63, 3.8) is 0 Å². The third-order valence-electron chi connectivity index (χ3n) is 1.94. The molecule has 0 aliphatic carbocycles. The van der Waals surface area contributed by atoms with E-state index in [2.05, 4.69) is 10.9 Å². The van der Waals surface area contributed by atoms with Gasteiger partial charge in [-0.2, -0.15) is 0 Å². The first kappa shape index (κ1) is 8.71. The number of hydrogen-bond donors (Lipinski definition) is 2. The fourth-order valence-electron chi connectivity index (χ4n) is 1.23. The zero-order valence-corrected chi connectivity index (χ0v) is 7.36. The molecule has 72 valence electrons. The molecule has 1 fully saturated rings. The van der Waals surface area contributed by atoms with E-state index in [1.54, 1.807) is 24.3 Å². The summed E-state index contributed by atoms with van der Waals surface area (Å²) >= 11 is 0. The minimum atomic E-state index is -0.418. The number of carbonyl (C=O) groups excluding carboxylic acids is 2. The van der Waals surface area contributed by atoms with E-state index in [1.807, 2.05) is 6.07 Å². The maximum Gasteiger partial charge on any atom is 0.339 e. The molecule has 0 radical (unpaired) electrons. The SMILES string of the molecule is O=C1NNCN1C(=O)c1ccccc1. The summed E-state index contributed by atoms with van der Waals surface area (Å²) in [5.74, 6) is -0.298. The first-order chi connectivity index (χ1) is 6.79. The molecule has 1 aromatic rings. The van der Waals surface area contributed by atoms with E-state index >= 15 is 0 Å². The highest BCUT2D eigenvalue weighted by Gasteiger charge is 2.26. The highest BCUT2D eigenvalue weighted by molar-refractivity contribution is 6.04. The lowest BCUT2D eigenvalue weighted by Crippen LogP contribution is -2.34. The number of imide groups is 1. The zero-order valence-electron chi connectivity index (χ0n) is 7.36. The Morgan fingerprint density at radius 3 is 2.57 bits per heavy atom. The van der Waals surface area contributed by atoms with Crippen LogP contribution in [0.15, 0.2) is 30.3 Å². The fraction of sp³-hybridized carbons (Fsp3) is 0.111. The first-order valence-corrected chi connectivity index (χ1v) is 4.19. The predicted molar refractivity (Wildman–Crippen MR) is 49.1 cm³/mol. The topological polar surface area (TPSA) is 61.4 Å². The Bertz CT molecular complexity index is 364. The number of amides is 3. The van der Waals surface area contributed by atoms with Gasteiger partial charge in [-0.3, -0.25) is 10.2 Å². The van der Waals surface area contributed by atoms with Crippen molar-refractivity contribution in [1.82, 2.24) is 15.8 Å². The lowest BCUT2D eigenvalue weighted by Gasteiger charge is -2.10. The van der Waals surface area contributed by atoms with Gasteiger partial charge in [-0.1, -0.05) is 18.2 Å². The Morgan fingerprint density at radius 2 is 2.00 bits per heavy atom. The van der Waals surface area contributed by atoms with Gasteiger partial charge in [0.15, 0.2) is 0 Å². The van der Waals surface area contributed by atoms with Gasteiger partial charge < -0.3 is 0 Å². The standard InChI is InChI=1S/C9H9N3O2/c13-8(7-4-2-1-3-5-7)12-6-10-11-9(12)14/h1-5,10H,6H2,(H,11,14). The molecule has 2 rings (SSSR count). The molecular weight excluding hydrogens is 182 g/mol. The van der Waals surface area contributed by atoms with Crippen molar-refractivity contribution in [2.24, 2.45) is 0 Å². The third-order valence-corrected chi connectivity index (χ3v) is 1.94. The highest BCUT2D eigenvalue weighted by atomic mass is 16.2. The van der Waals surface area contributed by atoms with Crippen molar-refractivity contribution < 1.29 is 9.59 Å². The van der Waals surface area contributed by atoms with Gasteiger partial charge in [-0.15, -0.1) is 0 Å². The van der Waals surface area contributed by atoms with E-state index < -0.39 is 6.03 Å². The summed E-state index contributed by atoms with van der Waals surface area (Å²) in [6, 6.07) is 8.27. The lowest BCUT2D eigenvalue weighted by molar-refractivity contribution is 0.0825. The molecule has 0 bridgehead atoms. The molecule has 0 saturated carbocycles. The normalized spacial score (nSPS) is 15.4. The smallest absolute Gasteiger partial charge is 0.271 e. The summed E-state index contributed by atoms with van der Waals surface area (Å²) in [5, 5.41) is 0. The number of carbonyl (C=O) groups is 2. The molecule has 5 nitrogen and oxygen atoms in total. The molecule has 0 atom stereocenters.